The lowest BCUT2D eigenvalue weighted by Crippen LogP contribution is -2.30. The SMILES string of the molecule is CC/C=C\C/C=C\C/C=C\C/C=C\CCCCCCCCC(=O)OCC(COC(=O)CCCCCCC/C=C\CCCC)OC(=O)CCC/C=C\C/C=C\C/C=C\C/C=C\CCCCC. The third-order valence-corrected chi connectivity index (χ3v) is 10.7. The third-order valence-electron chi connectivity index (χ3n) is 10.7. The Bertz CT molecular complexity index is 1360. The highest BCUT2D eigenvalue weighted by molar-refractivity contribution is 5.71. The lowest BCUT2D eigenvalue weighted by atomic mass is 10.1. The predicted octanol–water partition coefficient (Wildman–Crippen LogP) is 17.5. The summed E-state index contributed by atoms with van der Waals surface area (Å²) in [7, 11) is 0. The lowest BCUT2D eigenvalue weighted by Gasteiger charge is -2.18. The molecule has 0 saturated heterocycles. The minimum Gasteiger partial charge on any atom is -0.462 e. The van der Waals surface area contributed by atoms with Crippen LogP contribution in [0.5, 0.6) is 0 Å². The molecule has 0 bridgehead atoms. The van der Waals surface area contributed by atoms with Gasteiger partial charge in [-0.1, -0.05) is 201 Å². The maximum Gasteiger partial charge on any atom is 0.306 e. The summed E-state index contributed by atoms with van der Waals surface area (Å²) >= 11 is 0. The molecule has 0 radical (unpaired) electrons. The van der Waals surface area contributed by atoms with Crippen molar-refractivity contribution < 1.29 is 28.6 Å². The molecule has 6 heteroatoms. The van der Waals surface area contributed by atoms with E-state index in [9.17, 15) is 14.4 Å². The average molecular weight is 901 g/mol. The van der Waals surface area contributed by atoms with Gasteiger partial charge in [-0.3, -0.25) is 14.4 Å². The second-order valence-electron chi connectivity index (χ2n) is 17.0. The van der Waals surface area contributed by atoms with Crippen molar-refractivity contribution in [3.8, 4) is 0 Å². The van der Waals surface area contributed by atoms with E-state index < -0.39 is 6.10 Å². The van der Waals surface area contributed by atoms with E-state index in [1.54, 1.807) is 0 Å². The number of carbonyl (C=O) groups excluding carboxylic acids is 3. The normalized spacial score (nSPS) is 13.0. The number of allylic oxidation sites excluding steroid dienone is 18. The van der Waals surface area contributed by atoms with Crippen molar-refractivity contribution in [1.82, 2.24) is 0 Å². The van der Waals surface area contributed by atoms with Crippen molar-refractivity contribution in [2.45, 2.75) is 232 Å². The van der Waals surface area contributed by atoms with Gasteiger partial charge >= 0.3 is 17.9 Å². The molecule has 0 saturated carbocycles. The summed E-state index contributed by atoms with van der Waals surface area (Å²) in [6.07, 6.45) is 70.8. The summed E-state index contributed by atoms with van der Waals surface area (Å²) in [5.41, 5.74) is 0. The zero-order valence-electron chi connectivity index (χ0n) is 42.0. The van der Waals surface area contributed by atoms with Crippen molar-refractivity contribution in [3.05, 3.63) is 109 Å². The molecule has 65 heavy (non-hydrogen) atoms. The van der Waals surface area contributed by atoms with Crippen LogP contribution in [0.15, 0.2) is 109 Å². The van der Waals surface area contributed by atoms with Gasteiger partial charge in [0.1, 0.15) is 13.2 Å². The van der Waals surface area contributed by atoms with Gasteiger partial charge in [0.05, 0.1) is 0 Å². The minimum atomic E-state index is -0.817. The number of unbranched alkanes of at least 4 members (excludes halogenated alkanes) is 17. The second kappa shape index (κ2) is 52.7. The van der Waals surface area contributed by atoms with Crippen molar-refractivity contribution in [3.63, 3.8) is 0 Å². The first-order valence-corrected chi connectivity index (χ1v) is 26.4. The topological polar surface area (TPSA) is 78.9 Å². The molecule has 0 aliphatic rings. The molecular weight excluding hydrogens is 805 g/mol. The predicted molar refractivity (Wildman–Crippen MR) is 279 cm³/mol. The zero-order valence-corrected chi connectivity index (χ0v) is 42.0. The molecule has 0 N–H and O–H groups in total. The van der Waals surface area contributed by atoms with Gasteiger partial charge in [-0.15, -0.1) is 0 Å². The summed E-state index contributed by atoms with van der Waals surface area (Å²) in [5.74, 6) is -0.996. The smallest absolute Gasteiger partial charge is 0.306 e. The minimum absolute atomic E-state index is 0.111. The van der Waals surface area contributed by atoms with Crippen molar-refractivity contribution in [2.24, 2.45) is 0 Å². The fourth-order valence-corrected chi connectivity index (χ4v) is 6.76. The van der Waals surface area contributed by atoms with Crippen LogP contribution >= 0.6 is 0 Å². The van der Waals surface area contributed by atoms with E-state index in [0.29, 0.717) is 19.3 Å². The summed E-state index contributed by atoms with van der Waals surface area (Å²) < 4.78 is 16.7. The van der Waals surface area contributed by atoms with E-state index in [1.165, 1.54) is 64.2 Å². The van der Waals surface area contributed by atoms with Crippen LogP contribution in [-0.2, 0) is 28.6 Å². The Kier molecular flexibility index (Phi) is 49.5. The molecule has 0 aromatic carbocycles. The van der Waals surface area contributed by atoms with Gasteiger partial charge in [0, 0.05) is 19.3 Å². The quantitative estimate of drug-likeness (QED) is 0.0262. The Labute approximate surface area is 400 Å². The molecule has 0 aliphatic carbocycles. The van der Waals surface area contributed by atoms with Gasteiger partial charge in [0.2, 0.25) is 0 Å². The highest BCUT2D eigenvalue weighted by Crippen LogP contribution is 2.13. The van der Waals surface area contributed by atoms with E-state index in [-0.39, 0.29) is 37.5 Å². The van der Waals surface area contributed by atoms with Crippen molar-refractivity contribution >= 4 is 17.9 Å². The molecule has 1 atom stereocenters. The molecule has 0 fully saturated rings. The third kappa shape index (κ3) is 50.9. The number of ether oxygens (including phenoxy) is 3. The molecule has 0 heterocycles. The van der Waals surface area contributed by atoms with Crippen LogP contribution in [0.25, 0.3) is 0 Å². The van der Waals surface area contributed by atoms with Gasteiger partial charge in [0.15, 0.2) is 6.10 Å². The molecule has 1 unspecified atom stereocenters. The average Bonchev–Trinajstić information content (AvgIpc) is 3.30. The summed E-state index contributed by atoms with van der Waals surface area (Å²) in [4.78, 5) is 38.0. The zero-order chi connectivity index (χ0) is 47.2. The second-order valence-corrected chi connectivity index (χ2v) is 17.0. The lowest BCUT2D eigenvalue weighted by molar-refractivity contribution is -0.167. The molecule has 0 aromatic heterocycles. The van der Waals surface area contributed by atoms with Crippen LogP contribution < -0.4 is 0 Å². The fraction of sp³-hybridized carbons (Fsp3) is 0.644. The van der Waals surface area contributed by atoms with Gasteiger partial charge in [-0.25, -0.2) is 0 Å². The highest BCUT2D eigenvalue weighted by atomic mass is 16.6. The van der Waals surface area contributed by atoms with Gasteiger partial charge in [-0.2, -0.15) is 0 Å². The van der Waals surface area contributed by atoms with Crippen LogP contribution in [-0.4, -0.2) is 37.2 Å². The molecule has 6 nitrogen and oxygen atoms in total. The first-order valence-electron chi connectivity index (χ1n) is 26.4. The monoisotopic (exact) mass is 901 g/mol. The Morgan fingerprint density at radius 1 is 0.323 bits per heavy atom. The van der Waals surface area contributed by atoms with Crippen LogP contribution in [0, 0.1) is 0 Å². The fourth-order valence-electron chi connectivity index (χ4n) is 6.76. The molecule has 0 aliphatic heterocycles. The number of carbonyl (C=O) groups is 3. The Balaban J connectivity index is 4.49. The number of hydrogen-bond donors (Lipinski definition) is 0. The Morgan fingerprint density at radius 3 is 1.05 bits per heavy atom. The number of hydrogen-bond acceptors (Lipinski definition) is 6. The first-order chi connectivity index (χ1) is 32.0. The molecule has 0 spiro atoms. The van der Waals surface area contributed by atoms with E-state index in [1.807, 2.05) is 0 Å². The van der Waals surface area contributed by atoms with Gasteiger partial charge < -0.3 is 14.2 Å². The van der Waals surface area contributed by atoms with E-state index in [0.717, 1.165) is 116 Å². The molecule has 0 rings (SSSR count). The largest absolute Gasteiger partial charge is 0.462 e. The maximum atomic E-state index is 12.8. The summed E-state index contributed by atoms with van der Waals surface area (Å²) in [5, 5.41) is 0. The van der Waals surface area contributed by atoms with Gasteiger partial charge in [-0.05, 0) is 116 Å². The molecule has 0 amide bonds. The standard InChI is InChI=1S/C59H96O6/c1-4-7-10-13-16-19-22-24-26-28-29-31-32-34-37-40-43-46-49-52-58(61)64-55-56(54-63-57(60)51-48-45-42-39-36-21-18-15-12-9-6-3)65-59(62)53-50-47-44-41-38-35-33-30-27-25-23-20-17-14-11-8-5-2/h7,10,15-20,24-27,29,31,33,35,41,44,56H,4-6,8-9,11-14,21-23,28,30,32,34,36-40,42-43,45-55H2,1-3H3/b10-7-,18-15-,19-16-,20-17-,26-24-,27-25-,31-29-,35-33-,44-41-. The molecule has 0 aromatic rings. The molecular formula is C59H96O6. The highest BCUT2D eigenvalue weighted by Gasteiger charge is 2.19. The number of esters is 3. The van der Waals surface area contributed by atoms with Crippen LogP contribution in [0.3, 0.4) is 0 Å². The van der Waals surface area contributed by atoms with Crippen LogP contribution in [0.4, 0.5) is 0 Å². The van der Waals surface area contributed by atoms with E-state index >= 15 is 0 Å². The summed E-state index contributed by atoms with van der Waals surface area (Å²) in [6, 6.07) is 0. The van der Waals surface area contributed by atoms with Crippen molar-refractivity contribution in [2.75, 3.05) is 13.2 Å². The maximum absolute atomic E-state index is 12.8. The van der Waals surface area contributed by atoms with E-state index in [4.69, 9.17) is 14.2 Å². The van der Waals surface area contributed by atoms with Crippen molar-refractivity contribution in [1.29, 1.82) is 0 Å². The number of rotatable bonds is 46. The van der Waals surface area contributed by atoms with Crippen LogP contribution in [0.2, 0.25) is 0 Å². The van der Waals surface area contributed by atoms with Gasteiger partial charge in [0.25, 0.3) is 0 Å². The first kappa shape index (κ1) is 61.1. The Morgan fingerprint density at radius 2 is 0.631 bits per heavy atom. The summed E-state index contributed by atoms with van der Waals surface area (Å²) in [6.45, 7) is 6.38. The van der Waals surface area contributed by atoms with E-state index in [2.05, 4.69) is 130 Å². The van der Waals surface area contributed by atoms with Crippen LogP contribution in [0.1, 0.15) is 226 Å². The molecule has 368 valence electrons. The Hall–Kier alpha value is -3.93.